The molecule has 2 aliphatic heterocycles. The summed E-state index contributed by atoms with van der Waals surface area (Å²) in [5, 5.41) is 0. The van der Waals surface area contributed by atoms with Gasteiger partial charge in [0.15, 0.2) is 0 Å². The molecule has 0 aromatic heterocycles. The third kappa shape index (κ3) is 3.32. The van der Waals surface area contributed by atoms with Crippen molar-refractivity contribution in [3.05, 3.63) is 0 Å². The molecule has 3 heteroatoms. The minimum Gasteiger partial charge on any atom is -0.329 e. The van der Waals surface area contributed by atoms with Crippen molar-refractivity contribution in [3.63, 3.8) is 0 Å². The van der Waals surface area contributed by atoms with Crippen LogP contribution in [0, 0.1) is 5.92 Å². The molecule has 3 atom stereocenters. The van der Waals surface area contributed by atoms with Crippen LogP contribution in [0.4, 0.5) is 0 Å². The van der Waals surface area contributed by atoms with Crippen molar-refractivity contribution in [1.29, 1.82) is 0 Å². The number of rotatable bonds is 4. The van der Waals surface area contributed by atoms with Gasteiger partial charge in [0.05, 0.1) is 0 Å². The molecular formula is C16H33N3. The Morgan fingerprint density at radius 1 is 1.26 bits per heavy atom. The van der Waals surface area contributed by atoms with Gasteiger partial charge in [-0.15, -0.1) is 0 Å². The summed E-state index contributed by atoms with van der Waals surface area (Å²) in [4.78, 5) is 5.44. The summed E-state index contributed by atoms with van der Waals surface area (Å²) < 4.78 is 0. The summed E-state index contributed by atoms with van der Waals surface area (Å²) >= 11 is 0. The van der Waals surface area contributed by atoms with E-state index in [1.54, 1.807) is 0 Å². The lowest BCUT2D eigenvalue weighted by Crippen LogP contribution is -2.66. The lowest BCUT2D eigenvalue weighted by molar-refractivity contribution is -0.0453. The Bertz CT molecular complexity index is 292. The fraction of sp³-hybridized carbons (Fsp3) is 1.00. The molecule has 0 aromatic carbocycles. The van der Waals surface area contributed by atoms with E-state index in [1.807, 2.05) is 0 Å². The van der Waals surface area contributed by atoms with Crippen molar-refractivity contribution in [3.8, 4) is 0 Å². The Morgan fingerprint density at radius 2 is 2.00 bits per heavy atom. The van der Waals surface area contributed by atoms with E-state index in [1.165, 1.54) is 45.3 Å². The molecule has 3 nitrogen and oxygen atoms in total. The van der Waals surface area contributed by atoms with Crippen molar-refractivity contribution in [2.75, 3.05) is 26.2 Å². The molecule has 2 N–H and O–H groups in total. The number of fused-ring (bicyclic) bond motifs is 1. The summed E-state index contributed by atoms with van der Waals surface area (Å²) in [7, 11) is 0. The van der Waals surface area contributed by atoms with E-state index >= 15 is 0 Å². The molecule has 2 heterocycles. The molecule has 0 saturated carbocycles. The van der Waals surface area contributed by atoms with Gasteiger partial charge in [0.2, 0.25) is 0 Å². The second-order valence-corrected chi connectivity index (χ2v) is 7.44. The molecule has 2 saturated heterocycles. The number of nitrogens with two attached hydrogens (primary N) is 1. The van der Waals surface area contributed by atoms with Gasteiger partial charge in [0.1, 0.15) is 0 Å². The van der Waals surface area contributed by atoms with Crippen LogP contribution >= 0.6 is 0 Å². The van der Waals surface area contributed by atoms with Gasteiger partial charge >= 0.3 is 0 Å². The SMILES string of the molecule is CC(C)CC(C)(CN)N1CC2CCCCN2CC1C. The molecular weight excluding hydrogens is 234 g/mol. The first-order valence-corrected chi connectivity index (χ1v) is 8.17. The highest BCUT2D eigenvalue weighted by Crippen LogP contribution is 2.32. The number of nitrogens with zero attached hydrogens (tertiary/aromatic N) is 2. The van der Waals surface area contributed by atoms with Crippen LogP contribution in [-0.2, 0) is 0 Å². The molecule has 0 aliphatic carbocycles. The first-order valence-electron chi connectivity index (χ1n) is 8.17. The second-order valence-electron chi connectivity index (χ2n) is 7.44. The average Bonchev–Trinajstić information content (AvgIpc) is 2.37. The van der Waals surface area contributed by atoms with Gasteiger partial charge in [-0.2, -0.15) is 0 Å². The van der Waals surface area contributed by atoms with E-state index in [4.69, 9.17) is 5.73 Å². The fourth-order valence-electron chi connectivity index (χ4n) is 4.30. The number of hydrogen-bond donors (Lipinski definition) is 1. The summed E-state index contributed by atoms with van der Waals surface area (Å²) in [6.45, 7) is 13.9. The van der Waals surface area contributed by atoms with E-state index in [9.17, 15) is 0 Å². The third-order valence-electron chi connectivity index (χ3n) is 5.17. The fourth-order valence-corrected chi connectivity index (χ4v) is 4.30. The highest BCUT2D eigenvalue weighted by molar-refractivity contribution is 4.98. The van der Waals surface area contributed by atoms with Crippen LogP contribution in [0.25, 0.3) is 0 Å². The van der Waals surface area contributed by atoms with Crippen LogP contribution in [0.15, 0.2) is 0 Å². The molecule has 2 rings (SSSR count). The molecule has 2 fully saturated rings. The number of hydrogen-bond acceptors (Lipinski definition) is 3. The van der Waals surface area contributed by atoms with Crippen molar-refractivity contribution < 1.29 is 0 Å². The zero-order valence-corrected chi connectivity index (χ0v) is 13.4. The predicted octanol–water partition coefficient (Wildman–Crippen LogP) is 2.31. The van der Waals surface area contributed by atoms with Crippen molar-refractivity contribution in [1.82, 2.24) is 9.80 Å². The molecule has 112 valence electrons. The molecule has 0 spiro atoms. The van der Waals surface area contributed by atoms with Crippen molar-refractivity contribution in [2.24, 2.45) is 11.7 Å². The van der Waals surface area contributed by atoms with Crippen LogP contribution in [0.1, 0.15) is 53.4 Å². The summed E-state index contributed by atoms with van der Waals surface area (Å²) in [5.41, 5.74) is 6.34. The van der Waals surface area contributed by atoms with E-state index in [0.717, 1.165) is 12.6 Å². The maximum Gasteiger partial charge on any atom is 0.0310 e. The maximum absolute atomic E-state index is 6.16. The van der Waals surface area contributed by atoms with Crippen LogP contribution in [-0.4, -0.2) is 53.6 Å². The van der Waals surface area contributed by atoms with Gasteiger partial charge < -0.3 is 5.73 Å². The predicted molar refractivity (Wildman–Crippen MR) is 82.3 cm³/mol. The molecule has 0 bridgehead atoms. The zero-order valence-electron chi connectivity index (χ0n) is 13.4. The first kappa shape index (κ1) is 15.3. The van der Waals surface area contributed by atoms with Crippen LogP contribution in [0.3, 0.4) is 0 Å². The van der Waals surface area contributed by atoms with E-state index in [2.05, 4.69) is 37.5 Å². The Hall–Kier alpha value is -0.120. The summed E-state index contributed by atoms with van der Waals surface area (Å²) in [6, 6.07) is 1.42. The third-order valence-corrected chi connectivity index (χ3v) is 5.17. The summed E-state index contributed by atoms with van der Waals surface area (Å²) in [6.07, 6.45) is 5.39. The monoisotopic (exact) mass is 267 g/mol. The van der Waals surface area contributed by atoms with Crippen molar-refractivity contribution >= 4 is 0 Å². The molecule has 19 heavy (non-hydrogen) atoms. The topological polar surface area (TPSA) is 32.5 Å². The lowest BCUT2D eigenvalue weighted by atomic mass is 9.85. The van der Waals surface area contributed by atoms with Gasteiger partial charge in [0.25, 0.3) is 0 Å². The summed E-state index contributed by atoms with van der Waals surface area (Å²) in [5.74, 6) is 0.713. The molecule has 0 aromatic rings. The Morgan fingerprint density at radius 3 is 2.63 bits per heavy atom. The standard InChI is InChI=1S/C16H33N3/c1-13(2)9-16(4,12-17)19-11-15-7-5-6-8-18(15)10-14(19)3/h13-15H,5-12,17H2,1-4H3. The quantitative estimate of drug-likeness (QED) is 0.848. The van der Waals surface area contributed by atoms with Gasteiger partial charge in [-0.05, 0) is 45.6 Å². The highest BCUT2D eigenvalue weighted by Gasteiger charge is 2.41. The van der Waals surface area contributed by atoms with E-state index < -0.39 is 0 Å². The normalized spacial score (nSPS) is 33.2. The van der Waals surface area contributed by atoms with Gasteiger partial charge in [0, 0.05) is 37.3 Å². The smallest absolute Gasteiger partial charge is 0.0310 e. The van der Waals surface area contributed by atoms with Gasteiger partial charge in [-0.25, -0.2) is 0 Å². The van der Waals surface area contributed by atoms with E-state index in [-0.39, 0.29) is 5.54 Å². The minimum absolute atomic E-state index is 0.178. The van der Waals surface area contributed by atoms with Crippen molar-refractivity contribution in [2.45, 2.75) is 71.0 Å². The van der Waals surface area contributed by atoms with Crippen LogP contribution < -0.4 is 5.73 Å². The van der Waals surface area contributed by atoms with Crippen LogP contribution in [0.5, 0.6) is 0 Å². The number of piperidine rings is 1. The first-order chi connectivity index (χ1) is 8.96. The van der Waals surface area contributed by atoms with Gasteiger partial charge in [-0.3, -0.25) is 9.80 Å². The Kier molecular flexibility index (Phi) is 4.91. The molecule has 0 amide bonds. The Labute approximate surface area is 119 Å². The zero-order chi connectivity index (χ0) is 14.0. The number of piperazine rings is 1. The average molecular weight is 267 g/mol. The second kappa shape index (κ2) is 6.11. The highest BCUT2D eigenvalue weighted by atomic mass is 15.3. The van der Waals surface area contributed by atoms with E-state index in [0.29, 0.717) is 12.0 Å². The van der Waals surface area contributed by atoms with Crippen LogP contribution in [0.2, 0.25) is 0 Å². The molecule has 0 radical (unpaired) electrons. The maximum atomic E-state index is 6.16. The minimum atomic E-state index is 0.178. The molecule has 2 aliphatic rings. The molecule has 3 unspecified atom stereocenters. The Balaban J connectivity index is 2.09. The largest absolute Gasteiger partial charge is 0.329 e. The van der Waals surface area contributed by atoms with Gasteiger partial charge in [-0.1, -0.05) is 20.3 Å². The lowest BCUT2D eigenvalue weighted by Gasteiger charge is -2.54.